The number of fused-ring (bicyclic) bond motifs is 1. The Balaban J connectivity index is 1.90. The molecular weight excluding hydrogens is 240 g/mol. The molecule has 0 aromatic carbocycles. The maximum Gasteiger partial charge on any atom is -0.00879 e. The average molecular weight is 272 g/mol. The van der Waals surface area contributed by atoms with Crippen LogP contribution in [0, 0.1) is 28.6 Å². The summed E-state index contributed by atoms with van der Waals surface area (Å²) < 4.78 is 0. The first-order valence-electron chi connectivity index (χ1n) is 8.75. The van der Waals surface area contributed by atoms with Crippen molar-refractivity contribution in [2.75, 3.05) is 0 Å². The molecule has 0 bridgehead atoms. The van der Waals surface area contributed by atoms with Crippen LogP contribution in [-0.4, -0.2) is 0 Å². The van der Waals surface area contributed by atoms with Crippen LogP contribution in [0.15, 0.2) is 23.8 Å². The predicted molar refractivity (Wildman–Crippen MR) is 87.6 cm³/mol. The van der Waals surface area contributed by atoms with Gasteiger partial charge in [0.1, 0.15) is 0 Å². The Labute approximate surface area is 125 Å². The second kappa shape index (κ2) is 4.75. The highest BCUT2D eigenvalue weighted by Crippen LogP contribution is 2.59. The van der Waals surface area contributed by atoms with E-state index in [1.165, 1.54) is 50.5 Å². The molecule has 0 heteroatoms. The Kier molecular flexibility index (Phi) is 3.42. The molecule has 0 amide bonds. The topological polar surface area (TPSA) is 0 Å². The van der Waals surface area contributed by atoms with Gasteiger partial charge in [-0.3, -0.25) is 0 Å². The van der Waals surface area contributed by atoms with E-state index in [0.29, 0.717) is 10.8 Å². The van der Waals surface area contributed by atoms with Crippen molar-refractivity contribution in [1.29, 1.82) is 0 Å². The van der Waals surface area contributed by atoms with Gasteiger partial charge in [-0.2, -0.15) is 0 Å². The molecule has 0 nitrogen and oxygen atoms in total. The van der Waals surface area contributed by atoms with Crippen LogP contribution in [0.5, 0.6) is 0 Å². The summed E-state index contributed by atoms with van der Waals surface area (Å²) in [5, 5.41) is 0. The van der Waals surface area contributed by atoms with E-state index >= 15 is 0 Å². The monoisotopic (exact) mass is 272 g/mol. The minimum atomic E-state index is 0.356. The Hall–Kier alpha value is -0.520. The maximum absolute atomic E-state index is 4.36. The zero-order valence-corrected chi connectivity index (χ0v) is 14.0. The van der Waals surface area contributed by atoms with E-state index in [-0.39, 0.29) is 0 Å². The van der Waals surface area contributed by atoms with E-state index in [1.807, 2.05) is 0 Å². The average Bonchev–Trinajstić information content (AvgIpc) is 2.67. The molecule has 0 radical (unpaired) electrons. The zero-order valence-electron chi connectivity index (χ0n) is 14.0. The summed E-state index contributed by atoms with van der Waals surface area (Å²) in [5.41, 5.74) is 4.15. The third-order valence-corrected chi connectivity index (χ3v) is 7.52. The quantitative estimate of drug-likeness (QED) is 0.503. The normalized spacial score (nSPS) is 44.1. The van der Waals surface area contributed by atoms with Crippen LogP contribution in [-0.2, 0) is 0 Å². The summed E-state index contributed by atoms with van der Waals surface area (Å²) in [6.45, 7) is 14.4. The van der Waals surface area contributed by atoms with Gasteiger partial charge in [-0.1, -0.05) is 57.9 Å². The van der Waals surface area contributed by atoms with Crippen molar-refractivity contribution in [3.8, 4) is 0 Å². The predicted octanol–water partition coefficient (Wildman–Crippen LogP) is 6.14. The summed E-state index contributed by atoms with van der Waals surface area (Å²) in [5.74, 6) is 2.57. The van der Waals surface area contributed by atoms with Crippen molar-refractivity contribution in [3.63, 3.8) is 0 Å². The molecule has 0 N–H and O–H groups in total. The van der Waals surface area contributed by atoms with Gasteiger partial charge >= 0.3 is 0 Å². The van der Waals surface area contributed by atoms with Gasteiger partial charge in [0, 0.05) is 0 Å². The van der Waals surface area contributed by atoms with Crippen LogP contribution in [0.3, 0.4) is 0 Å². The zero-order chi connectivity index (χ0) is 14.5. The van der Waals surface area contributed by atoms with Crippen LogP contribution in [0.4, 0.5) is 0 Å². The van der Waals surface area contributed by atoms with Gasteiger partial charge in [-0.15, -0.1) is 0 Å². The van der Waals surface area contributed by atoms with Gasteiger partial charge in [0.05, 0.1) is 0 Å². The standard InChI is InChI=1S/C20H32/c1-14-9-12-18(19(14,3)4)17-11-10-16-8-6-7-13-20(16,5)15(17)2/h10,15,17-18H,1,6-9,11-13H2,2-5H3. The molecule has 2 saturated carbocycles. The van der Waals surface area contributed by atoms with E-state index in [2.05, 4.69) is 40.3 Å². The Morgan fingerprint density at radius 2 is 1.90 bits per heavy atom. The molecule has 0 heterocycles. The SMILES string of the molecule is C=C1CCC(C2CC=C3CCCCC3(C)C2C)C1(C)C. The molecular formula is C20H32. The number of allylic oxidation sites excluding steroid dienone is 3. The Bertz CT molecular complexity index is 439. The van der Waals surface area contributed by atoms with Crippen LogP contribution < -0.4 is 0 Å². The van der Waals surface area contributed by atoms with Crippen LogP contribution in [0.25, 0.3) is 0 Å². The molecule has 4 unspecified atom stereocenters. The smallest absolute Gasteiger partial charge is 0.00879 e. The Morgan fingerprint density at radius 3 is 2.55 bits per heavy atom. The molecule has 0 aliphatic heterocycles. The molecule has 4 atom stereocenters. The van der Waals surface area contributed by atoms with Crippen LogP contribution in [0.2, 0.25) is 0 Å². The molecule has 0 spiro atoms. The number of hydrogen-bond acceptors (Lipinski definition) is 0. The van der Waals surface area contributed by atoms with Crippen molar-refractivity contribution >= 4 is 0 Å². The lowest BCUT2D eigenvalue weighted by Gasteiger charge is -2.51. The molecule has 3 rings (SSSR count). The molecule has 3 aliphatic carbocycles. The lowest BCUT2D eigenvalue weighted by molar-refractivity contribution is 0.0564. The van der Waals surface area contributed by atoms with Crippen LogP contribution >= 0.6 is 0 Å². The van der Waals surface area contributed by atoms with Crippen LogP contribution in [0.1, 0.15) is 72.6 Å². The lowest BCUT2D eigenvalue weighted by atomic mass is 9.53. The molecule has 2 fully saturated rings. The highest BCUT2D eigenvalue weighted by Gasteiger charge is 2.49. The highest BCUT2D eigenvalue weighted by atomic mass is 14.5. The molecule has 112 valence electrons. The molecule has 0 aromatic heterocycles. The third-order valence-electron chi connectivity index (χ3n) is 7.52. The van der Waals surface area contributed by atoms with Crippen molar-refractivity contribution < 1.29 is 0 Å². The van der Waals surface area contributed by atoms with Crippen molar-refractivity contribution in [1.82, 2.24) is 0 Å². The van der Waals surface area contributed by atoms with E-state index in [4.69, 9.17) is 0 Å². The van der Waals surface area contributed by atoms with E-state index < -0.39 is 0 Å². The van der Waals surface area contributed by atoms with Gasteiger partial charge in [0.2, 0.25) is 0 Å². The summed E-state index contributed by atoms with van der Waals surface area (Å²) in [6.07, 6.45) is 12.2. The van der Waals surface area contributed by atoms with E-state index in [1.54, 1.807) is 5.57 Å². The highest BCUT2D eigenvalue weighted by molar-refractivity contribution is 5.24. The number of hydrogen-bond donors (Lipinski definition) is 0. The largest absolute Gasteiger partial charge is 0.0993 e. The lowest BCUT2D eigenvalue weighted by Crippen LogP contribution is -2.42. The summed E-state index contributed by atoms with van der Waals surface area (Å²) >= 11 is 0. The first-order valence-corrected chi connectivity index (χ1v) is 8.75. The fourth-order valence-corrected chi connectivity index (χ4v) is 5.60. The van der Waals surface area contributed by atoms with Gasteiger partial charge < -0.3 is 0 Å². The van der Waals surface area contributed by atoms with Gasteiger partial charge in [-0.25, -0.2) is 0 Å². The van der Waals surface area contributed by atoms with E-state index in [0.717, 1.165) is 17.8 Å². The fraction of sp³-hybridized carbons (Fsp3) is 0.800. The van der Waals surface area contributed by atoms with Crippen molar-refractivity contribution in [2.45, 2.75) is 72.6 Å². The van der Waals surface area contributed by atoms with Crippen molar-refractivity contribution in [3.05, 3.63) is 23.8 Å². The van der Waals surface area contributed by atoms with Gasteiger partial charge in [0.15, 0.2) is 0 Å². The first-order chi connectivity index (χ1) is 9.37. The second-order valence-electron chi connectivity index (χ2n) is 8.51. The maximum atomic E-state index is 4.36. The van der Waals surface area contributed by atoms with E-state index in [9.17, 15) is 0 Å². The third kappa shape index (κ3) is 1.94. The number of rotatable bonds is 1. The summed E-state index contributed by atoms with van der Waals surface area (Å²) in [6, 6.07) is 0. The molecule has 20 heavy (non-hydrogen) atoms. The summed E-state index contributed by atoms with van der Waals surface area (Å²) in [4.78, 5) is 0. The minimum Gasteiger partial charge on any atom is -0.0993 e. The summed E-state index contributed by atoms with van der Waals surface area (Å²) in [7, 11) is 0. The first kappa shape index (κ1) is 14.4. The minimum absolute atomic E-state index is 0.356. The molecule has 3 aliphatic rings. The van der Waals surface area contributed by atoms with Gasteiger partial charge in [-0.05, 0) is 67.1 Å². The Morgan fingerprint density at radius 1 is 1.15 bits per heavy atom. The van der Waals surface area contributed by atoms with Crippen molar-refractivity contribution in [2.24, 2.45) is 28.6 Å². The van der Waals surface area contributed by atoms with Gasteiger partial charge in [0.25, 0.3) is 0 Å². The molecule has 0 saturated heterocycles. The molecule has 0 aromatic rings. The fourth-order valence-electron chi connectivity index (χ4n) is 5.60. The second-order valence-corrected chi connectivity index (χ2v) is 8.51.